The molecule has 1 aromatic heterocycles. The van der Waals surface area contributed by atoms with Crippen LogP contribution in [0, 0.1) is 5.82 Å². The number of carboxylic acids is 1. The summed E-state index contributed by atoms with van der Waals surface area (Å²) in [7, 11) is 0. The molecule has 0 spiro atoms. The Morgan fingerprint density at radius 3 is 2.38 bits per heavy atom. The largest absolute Gasteiger partial charge is 0.490 e. The summed E-state index contributed by atoms with van der Waals surface area (Å²) < 4.78 is 47.0. The maximum absolute atomic E-state index is 13.6. The minimum Gasteiger partial charge on any atom is -0.475 e. The van der Waals surface area contributed by atoms with Crippen molar-refractivity contribution in [3.8, 4) is 0 Å². The van der Waals surface area contributed by atoms with Gasteiger partial charge in [0.15, 0.2) is 0 Å². The number of hydrogen-bond donors (Lipinski definition) is 3. The highest BCUT2D eigenvalue weighted by molar-refractivity contribution is 5.76. The molecule has 132 valence electrons. The van der Waals surface area contributed by atoms with Crippen LogP contribution in [-0.2, 0) is 4.79 Å². The van der Waals surface area contributed by atoms with Crippen LogP contribution in [-0.4, -0.2) is 39.9 Å². The van der Waals surface area contributed by atoms with E-state index in [1.54, 1.807) is 16.7 Å². The lowest BCUT2D eigenvalue weighted by molar-refractivity contribution is -0.192. The summed E-state index contributed by atoms with van der Waals surface area (Å²) in [6.45, 7) is 1.80. The van der Waals surface area contributed by atoms with Crippen LogP contribution in [0.4, 0.5) is 17.6 Å². The lowest BCUT2D eigenvalue weighted by Gasteiger charge is -2.23. The second-order valence-electron chi connectivity index (χ2n) is 5.22. The Bertz CT molecular complexity index is 776. The third-order valence-corrected chi connectivity index (χ3v) is 3.62. The summed E-state index contributed by atoms with van der Waals surface area (Å²) in [5, 5.41) is 10.4. The summed E-state index contributed by atoms with van der Waals surface area (Å²) in [5.41, 5.74) is 0.773. The molecule has 0 bridgehead atoms. The second kappa shape index (κ2) is 7.04. The van der Waals surface area contributed by atoms with Gasteiger partial charge in [0.2, 0.25) is 0 Å². The number of hydrogen-bond acceptors (Lipinski definition) is 3. The van der Waals surface area contributed by atoms with Crippen molar-refractivity contribution in [3.63, 3.8) is 0 Å². The number of rotatable bonds is 1. The first-order valence-electron chi connectivity index (χ1n) is 7.11. The monoisotopic (exact) mass is 349 g/mol. The molecular weight excluding hydrogens is 334 g/mol. The summed E-state index contributed by atoms with van der Waals surface area (Å²) >= 11 is 0. The molecule has 0 saturated carbocycles. The van der Waals surface area contributed by atoms with Crippen molar-refractivity contribution in [1.29, 1.82) is 0 Å². The number of carbonyl (C=O) groups is 1. The minimum absolute atomic E-state index is 0.166. The van der Waals surface area contributed by atoms with Gasteiger partial charge in [-0.25, -0.2) is 14.0 Å². The van der Waals surface area contributed by atoms with Crippen molar-refractivity contribution < 1.29 is 27.5 Å². The van der Waals surface area contributed by atoms with Gasteiger partial charge < -0.3 is 15.4 Å². The van der Waals surface area contributed by atoms with Crippen molar-refractivity contribution >= 4 is 17.0 Å². The van der Waals surface area contributed by atoms with Crippen LogP contribution in [0.2, 0.25) is 0 Å². The van der Waals surface area contributed by atoms with Crippen molar-refractivity contribution in [2.75, 3.05) is 13.1 Å². The summed E-state index contributed by atoms with van der Waals surface area (Å²) in [6.07, 6.45) is -3.27. The molecular formula is C14H15F4N3O3. The normalized spacial score (nSPS) is 15.8. The second-order valence-corrected chi connectivity index (χ2v) is 5.22. The van der Waals surface area contributed by atoms with Crippen LogP contribution in [0.3, 0.4) is 0 Å². The Morgan fingerprint density at radius 2 is 1.83 bits per heavy atom. The van der Waals surface area contributed by atoms with Gasteiger partial charge in [0.25, 0.3) is 0 Å². The van der Waals surface area contributed by atoms with Crippen LogP contribution in [0.25, 0.3) is 11.0 Å². The van der Waals surface area contributed by atoms with E-state index < -0.39 is 12.1 Å². The van der Waals surface area contributed by atoms with Crippen LogP contribution < -0.4 is 11.0 Å². The molecule has 24 heavy (non-hydrogen) atoms. The third kappa shape index (κ3) is 3.94. The van der Waals surface area contributed by atoms with E-state index in [0.29, 0.717) is 11.0 Å². The molecule has 0 atom stereocenters. The first kappa shape index (κ1) is 18.0. The SMILES string of the molecule is O=C(O)C(F)(F)F.O=c1[nH]c2c(F)cccc2n1C1CCNCC1. The molecule has 3 rings (SSSR count). The topological polar surface area (TPSA) is 87.1 Å². The molecule has 1 aliphatic rings. The third-order valence-electron chi connectivity index (χ3n) is 3.62. The van der Waals surface area contributed by atoms with Gasteiger partial charge in [0.1, 0.15) is 11.3 Å². The summed E-state index contributed by atoms with van der Waals surface area (Å²) in [5.74, 6) is -3.13. The Morgan fingerprint density at radius 1 is 1.25 bits per heavy atom. The average molecular weight is 349 g/mol. The minimum atomic E-state index is -5.08. The Balaban J connectivity index is 0.000000256. The predicted octanol–water partition coefficient (Wildman–Crippen LogP) is 2.03. The van der Waals surface area contributed by atoms with Crippen LogP contribution in [0.1, 0.15) is 18.9 Å². The van der Waals surface area contributed by atoms with Gasteiger partial charge >= 0.3 is 17.8 Å². The van der Waals surface area contributed by atoms with Gasteiger partial charge in [-0.15, -0.1) is 0 Å². The van der Waals surface area contributed by atoms with Crippen LogP contribution >= 0.6 is 0 Å². The van der Waals surface area contributed by atoms with Gasteiger partial charge in [-0.1, -0.05) is 6.07 Å². The van der Waals surface area contributed by atoms with E-state index in [9.17, 15) is 22.4 Å². The molecule has 0 radical (unpaired) electrons. The zero-order chi connectivity index (χ0) is 17.9. The van der Waals surface area contributed by atoms with E-state index in [1.807, 2.05) is 0 Å². The fourth-order valence-electron chi connectivity index (χ4n) is 2.54. The first-order chi connectivity index (χ1) is 11.2. The van der Waals surface area contributed by atoms with E-state index in [0.717, 1.165) is 25.9 Å². The fraction of sp³-hybridized carbons (Fsp3) is 0.429. The molecule has 6 nitrogen and oxygen atoms in total. The molecule has 2 heterocycles. The van der Waals surface area contributed by atoms with Crippen LogP contribution in [0.5, 0.6) is 0 Å². The standard InChI is InChI=1S/C12H14FN3O.C2HF3O2/c13-9-2-1-3-10-11(9)15-12(17)16(10)8-4-6-14-7-5-8;3-2(4,5)1(6)7/h1-3,8,14H,4-7H2,(H,15,17);(H,6,7). The van der Waals surface area contributed by atoms with E-state index in [1.165, 1.54) is 6.07 Å². The zero-order valence-corrected chi connectivity index (χ0v) is 12.4. The molecule has 2 aromatic rings. The van der Waals surface area contributed by atoms with Crippen molar-refractivity contribution in [2.24, 2.45) is 0 Å². The number of para-hydroxylation sites is 1. The Labute approximate surface area is 133 Å². The quantitative estimate of drug-likeness (QED) is 0.688. The number of piperidine rings is 1. The highest BCUT2D eigenvalue weighted by Gasteiger charge is 2.38. The molecule has 3 N–H and O–H groups in total. The highest BCUT2D eigenvalue weighted by atomic mass is 19.4. The first-order valence-corrected chi connectivity index (χ1v) is 7.11. The number of benzene rings is 1. The Hall–Kier alpha value is -2.36. The Kier molecular flexibility index (Phi) is 5.27. The lowest BCUT2D eigenvalue weighted by atomic mass is 10.1. The number of alkyl halides is 3. The molecule has 0 amide bonds. The van der Waals surface area contributed by atoms with Crippen molar-refractivity contribution in [2.45, 2.75) is 25.1 Å². The molecule has 1 aromatic carbocycles. The van der Waals surface area contributed by atoms with E-state index in [-0.39, 0.29) is 17.5 Å². The molecule has 10 heteroatoms. The molecule has 0 unspecified atom stereocenters. The van der Waals surface area contributed by atoms with Gasteiger partial charge in [-0.2, -0.15) is 13.2 Å². The van der Waals surface area contributed by atoms with E-state index in [2.05, 4.69) is 10.3 Å². The summed E-state index contributed by atoms with van der Waals surface area (Å²) in [6, 6.07) is 4.96. The van der Waals surface area contributed by atoms with Crippen LogP contribution in [0.15, 0.2) is 23.0 Å². The van der Waals surface area contributed by atoms with Crippen molar-refractivity contribution in [3.05, 3.63) is 34.5 Å². The molecule has 1 saturated heterocycles. The number of aromatic amines is 1. The highest BCUT2D eigenvalue weighted by Crippen LogP contribution is 2.22. The molecule has 1 aliphatic heterocycles. The average Bonchev–Trinajstić information content (AvgIpc) is 2.85. The number of nitrogens with zero attached hydrogens (tertiary/aromatic N) is 1. The van der Waals surface area contributed by atoms with E-state index >= 15 is 0 Å². The number of aliphatic carboxylic acids is 1. The number of halogens is 4. The lowest BCUT2D eigenvalue weighted by Crippen LogP contribution is -2.33. The van der Waals surface area contributed by atoms with Gasteiger partial charge in [-0.05, 0) is 38.1 Å². The molecule has 1 fully saturated rings. The van der Waals surface area contributed by atoms with Gasteiger partial charge in [0, 0.05) is 6.04 Å². The number of imidazole rings is 1. The number of H-pyrrole nitrogens is 1. The maximum atomic E-state index is 13.6. The number of carboxylic acid groups (broad SMARTS) is 1. The number of aromatic nitrogens is 2. The van der Waals surface area contributed by atoms with Gasteiger partial charge in [0.05, 0.1) is 5.52 Å². The number of fused-ring (bicyclic) bond motifs is 1. The molecule has 0 aliphatic carbocycles. The predicted molar refractivity (Wildman–Crippen MR) is 77.3 cm³/mol. The van der Waals surface area contributed by atoms with E-state index in [4.69, 9.17) is 9.90 Å². The van der Waals surface area contributed by atoms with Crippen molar-refractivity contribution in [1.82, 2.24) is 14.9 Å². The smallest absolute Gasteiger partial charge is 0.475 e. The number of nitrogens with one attached hydrogen (secondary N) is 2. The summed E-state index contributed by atoms with van der Waals surface area (Å²) in [4.78, 5) is 23.4. The maximum Gasteiger partial charge on any atom is 0.490 e. The zero-order valence-electron chi connectivity index (χ0n) is 12.4. The fourth-order valence-corrected chi connectivity index (χ4v) is 2.54. The van der Waals surface area contributed by atoms with Gasteiger partial charge in [-0.3, -0.25) is 4.57 Å².